The number of halogens is 1. The van der Waals surface area contributed by atoms with Crippen LogP contribution < -0.4 is 4.72 Å². The second-order valence-corrected chi connectivity index (χ2v) is 8.26. The zero-order valence-electron chi connectivity index (χ0n) is 13.9. The first kappa shape index (κ1) is 17.8. The summed E-state index contributed by atoms with van der Waals surface area (Å²) < 4.78 is 42.3. The van der Waals surface area contributed by atoms with Gasteiger partial charge in [-0.3, -0.25) is 4.68 Å². The van der Waals surface area contributed by atoms with E-state index < -0.39 is 15.8 Å². The van der Waals surface area contributed by atoms with Crippen LogP contribution >= 0.6 is 11.3 Å². The Balaban J connectivity index is 1.73. The largest absolute Gasteiger partial charge is 0.268 e. The van der Waals surface area contributed by atoms with Crippen molar-refractivity contribution >= 4 is 21.4 Å². The molecule has 8 heteroatoms. The zero-order valence-corrected chi connectivity index (χ0v) is 15.5. The highest BCUT2D eigenvalue weighted by molar-refractivity contribution is 7.89. The van der Waals surface area contributed by atoms with Crippen molar-refractivity contribution < 1.29 is 12.8 Å². The van der Waals surface area contributed by atoms with Crippen LogP contribution in [0.25, 0.3) is 10.4 Å². The first-order chi connectivity index (χ1) is 11.9. The Hall–Kier alpha value is -2.03. The third-order valence-corrected chi connectivity index (χ3v) is 6.27. The Morgan fingerprint density at radius 3 is 2.64 bits per heavy atom. The lowest BCUT2D eigenvalue weighted by Gasteiger charge is -2.09. The van der Waals surface area contributed by atoms with Crippen molar-refractivity contribution in [2.75, 3.05) is 6.54 Å². The fraction of sp³-hybridized carbons (Fsp3) is 0.235. The van der Waals surface area contributed by atoms with E-state index in [4.69, 9.17) is 0 Å². The van der Waals surface area contributed by atoms with Crippen molar-refractivity contribution in [3.8, 4) is 10.4 Å². The molecule has 3 aromatic rings. The Morgan fingerprint density at radius 2 is 1.96 bits per heavy atom. The summed E-state index contributed by atoms with van der Waals surface area (Å²) in [7, 11) is -3.88. The predicted molar refractivity (Wildman–Crippen MR) is 96.6 cm³/mol. The number of aromatic nitrogens is 2. The van der Waals surface area contributed by atoms with Gasteiger partial charge in [0.1, 0.15) is 10.7 Å². The molecule has 2 heterocycles. The maximum Gasteiger partial charge on any atom is 0.243 e. The molecule has 3 rings (SSSR count). The maximum atomic E-state index is 13.7. The molecule has 0 atom stereocenters. The minimum Gasteiger partial charge on any atom is -0.268 e. The van der Waals surface area contributed by atoms with Gasteiger partial charge in [-0.25, -0.2) is 17.5 Å². The molecule has 5 nitrogen and oxygen atoms in total. The summed E-state index contributed by atoms with van der Waals surface area (Å²) in [5.41, 5.74) is 2.95. The average Bonchev–Trinajstić information content (AvgIpc) is 3.16. The minimum absolute atomic E-state index is 0.127. The van der Waals surface area contributed by atoms with Crippen molar-refractivity contribution in [1.29, 1.82) is 0 Å². The molecular formula is C17H18FN3O2S2. The molecule has 1 aromatic carbocycles. The number of nitrogens with zero attached hydrogens (tertiary/aromatic N) is 2. The summed E-state index contributed by atoms with van der Waals surface area (Å²) >= 11 is 1.64. The molecule has 0 unspecified atom stereocenters. The third kappa shape index (κ3) is 3.65. The molecule has 0 bridgehead atoms. The van der Waals surface area contributed by atoms with Crippen molar-refractivity contribution in [1.82, 2.24) is 14.5 Å². The van der Waals surface area contributed by atoms with Crippen LogP contribution in [0.4, 0.5) is 4.39 Å². The molecule has 0 saturated carbocycles. The van der Waals surface area contributed by atoms with Crippen LogP contribution in [0.3, 0.4) is 0 Å². The number of rotatable bonds is 6. The van der Waals surface area contributed by atoms with E-state index in [1.807, 2.05) is 31.4 Å². The average molecular weight is 379 g/mol. The summed E-state index contributed by atoms with van der Waals surface area (Å²) in [4.78, 5) is 0.788. The predicted octanol–water partition coefficient (Wildman–Crippen LogP) is 3.35. The van der Waals surface area contributed by atoms with Crippen molar-refractivity contribution in [2.24, 2.45) is 0 Å². The van der Waals surface area contributed by atoms with E-state index in [1.54, 1.807) is 16.0 Å². The van der Waals surface area contributed by atoms with Gasteiger partial charge in [0.2, 0.25) is 10.0 Å². The topological polar surface area (TPSA) is 64.0 Å². The molecule has 2 aromatic heterocycles. The smallest absolute Gasteiger partial charge is 0.243 e. The molecule has 0 saturated heterocycles. The Labute approximate surface area is 150 Å². The number of benzene rings is 1. The lowest BCUT2D eigenvalue weighted by Crippen LogP contribution is -2.28. The van der Waals surface area contributed by atoms with Gasteiger partial charge in [-0.15, -0.1) is 11.3 Å². The number of sulfonamides is 1. The molecule has 0 aliphatic carbocycles. The highest BCUT2D eigenvalue weighted by Crippen LogP contribution is 2.30. The molecule has 0 aliphatic heterocycles. The zero-order chi connectivity index (χ0) is 18.0. The van der Waals surface area contributed by atoms with E-state index >= 15 is 0 Å². The van der Waals surface area contributed by atoms with Gasteiger partial charge in [0.05, 0.1) is 12.2 Å². The molecule has 0 fully saturated rings. The van der Waals surface area contributed by atoms with Crippen LogP contribution in [0.15, 0.2) is 46.7 Å². The monoisotopic (exact) mass is 379 g/mol. The lowest BCUT2D eigenvalue weighted by molar-refractivity contribution is 0.541. The van der Waals surface area contributed by atoms with Crippen molar-refractivity contribution in [3.63, 3.8) is 0 Å². The number of hydrogen-bond donors (Lipinski definition) is 1. The number of thiophene rings is 1. The van der Waals surface area contributed by atoms with Gasteiger partial charge in [0.25, 0.3) is 0 Å². The van der Waals surface area contributed by atoms with E-state index in [9.17, 15) is 12.8 Å². The fourth-order valence-corrected chi connectivity index (χ4v) is 4.69. The van der Waals surface area contributed by atoms with Crippen LogP contribution in [-0.2, 0) is 16.6 Å². The molecule has 132 valence electrons. The Kier molecular flexibility index (Phi) is 5.03. The van der Waals surface area contributed by atoms with Crippen LogP contribution in [-0.4, -0.2) is 24.7 Å². The molecule has 25 heavy (non-hydrogen) atoms. The number of nitrogens with one attached hydrogen (secondary N) is 1. The van der Waals surface area contributed by atoms with Gasteiger partial charge in [0, 0.05) is 22.7 Å². The second kappa shape index (κ2) is 7.07. The Bertz CT molecular complexity index is 979. The molecular weight excluding hydrogens is 361 g/mol. The van der Waals surface area contributed by atoms with Crippen molar-refractivity contribution in [2.45, 2.75) is 25.3 Å². The summed E-state index contributed by atoms with van der Waals surface area (Å²) in [5, 5.41) is 6.50. The second-order valence-electron chi connectivity index (χ2n) is 5.57. The molecule has 0 aliphatic rings. The fourth-order valence-electron chi connectivity index (χ4n) is 2.72. The van der Waals surface area contributed by atoms with Gasteiger partial charge in [-0.05, 0) is 37.4 Å². The summed E-state index contributed by atoms with van der Waals surface area (Å²) in [6, 6.07) is 9.34. The van der Waals surface area contributed by atoms with Gasteiger partial charge >= 0.3 is 0 Å². The van der Waals surface area contributed by atoms with E-state index in [-0.39, 0.29) is 11.4 Å². The quantitative estimate of drug-likeness (QED) is 0.714. The van der Waals surface area contributed by atoms with Gasteiger partial charge < -0.3 is 0 Å². The number of aryl methyl sites for hydroxylation is 1. The van der Waals surface area contributed by atoms with Crippen LogP contribution in [0.2, 0.25) is 0 Å². The Morgan fingerprint density at radius 1 is 1.20 bits per heavy atom. The van der Waals surface area contributed by atoms with E-state index in [1.165, 1.54) is 18.2 Å². The molecule has 0 amide bonds. The molecule has 1 N–H and O–H groups in total. The minimum atomic E-state index is -3.88. The summed E-state index contributed by atoms with van der Waals surface area (Å²) in [6.45, 7) is 4.39. The van der Waals surface area contributed by atoms with Gasteiger partial charge in [0.15, 0.2) is 0 Å². The summed E-state index contributed by atoms with van der Waals surface area (Å²) in [6.07, 6.45) is 0. The highest BCUT2D eigenvalue weighted by atomic mass is 32.2. The lowest BCUT2D eigenvalue weighted by atomic mass is 10.1. The van der Waals surface area contributed by atoms with E-state index in [2.05, 4.69) is 9.82 Å². The third-order valence-electron chi connectivity index (χ3n) is 3.89. The van der Waals surface area contributed by atoms with Crippen LogP contribution in [0.5, 0.6) is 0 Å². The van der Waals surface area contributed by atoms with Gasteiger partial charge in [-0.2, -0.15) is 5.10 Å². The summed E-state index contributed by atoms with van der Waals surface area (Å²) in [5.74, 6) is -0.763. The van der Waals surface area contributed by atoms with E-state index in [0.717, 1.165) is 27.9 Å². The maximum absolute atomic E-state index is 13.7. The standard InChI is InChI=1S/C17H18FN3O2S2/c1-12-17(15-7-5-11-24-15)13(2)21(20-12)10-9-19-25(22,23)16-8-4-3-6-14(16)18/h3-8,11,19H,9-10H2,1-2H3. The van der Waals surface area contributed by atoms with Crippen molar-refractivity contribution in [3.05, 3.63) is 59.0 Å². The first-order valence-corrected chi connectivity index (χ1v) is 10.1. The SMILES string of the molecule is Cc1nn(CCNS(=O)(=O)c2ccccc2F)c(C)c1-c1cccs1. The number of hydrogen-bond acceptors (Lipinski definition) is 4. The first-order valence-electron chi connectivity index (χ1n) is 7.72. The van der Waals surface area contributed by atoms with Crippen LogP contribution in [0.1, 0.15) is 11.4 Å². The molecule has 0 spiro atoms. The van der Waals surface area contributed by atoms with Crippen LogP contribution in [0, 0.1) is 19.7 Å². The highest BCUT2D eigenvalue weighted by Gasteiger charge is 2.19. The normalized spacial score (nSPS) is 11.8. The van der Waals surface area contributed by atoms with Gasteiger partial charge in [-0.1, -0.05) is 18.2 Å². The molecule has 0 radical (unpaired) electrons. The van der Waals surface area contributed by atoms with E-state index in [0.29, 0.717) is 6.54 Å².